The third-order valence-electron chi connectivity index (χ3n) is 12.9. The lowest BCUT2D eigenvalue weighted by atomic mass is 10.0. The lowest BCUT2D eigenvalue weighted by molar-refractivity contribution is -0.166. The Bertz CT molecular complexity index is 1900. The summed E-state index contributed by atoms with van der Waals surface area (Å²) in [6, 6.07) is 0. The van der Waals surface area contributed by atoms with E-state index >= 15 is 0 Å². The Balaban J connectivity index is 4.33. The summed E-state index contributed by atoms with van der Waals surface area (Å²) in [7, 11) is 0. The van der Waals surface area contributed by atoms with Crippen LogP contribution in [0, 0.1) is 0 Å². The quantitative estimate of drug-likeness (QED) is 0.0261. The largest absolute Gasteiger partial charge is 0.462 e. The molecule has 0 fully saturated rings. The Labute approximate surface area is 497 Å². The molecule has 0 saturated carbocycles. The van der Waals surface area contributed by atoms with Crippen molar-refractivity contribution < 1.29 is 28.6 Å². The van der Waals surface area contributed by atoms with E-state index in [1.165, 1.54) is 77.0 Å². The van der Waals surface area contributed by atoms with Gasteiger partial charge in [0.15, 0.2) is 6.10 Å². The van der Waals surface area contributed by atoms with Crippen molar-refractivity contribution in [2.75, 3.05) is 13.2 Å². The number of hydrogen-bond donors (Lipinski definition) is 0. The molecule has 0 heterocycles. The van der Waals surface area contributed by atoms with Gasteiger partial charge in [0.2, 0.25) is 0 Å². The second kappa shape index (κ2) is 67.0. The third kappa shape index (κ3) is 65.2. The third-order valence-corrected chi connectivity index (χ3v) is 12.9. The first-order valence-corrected chi connectivity index (χ1v) is 32.3. The van der Waals surface area contributed by atoms with Crippen LogP contribution in [-0.2, 0) is 28.6 Å². The molecule has 0 aliphatic rings. The van der Waals surface area contributed by atoms with Gasteiger partial charge in [-0.1, -0.05) is 280 Å². The lowest BCUT2D eigenvalue weighted by Crippen LogP contribution is -2.30. The molecular formula is C75H116O6. The van der Waals surface area contributed by atoms with Crippen molar-refractivity contribution in [3.8, 4) is 0 Å². The van der Waals surface area contributed by atoms with Crippen molar-refractivity contribution in [3.05, 3.63) is 182 Å². The summed E-state index contributed by atoms with van der Waals surface area (Å²) in [5.74, 6) is -1.08. The Hall–Kier alpha value is -5.49. The van der Waals surface area contributed by atoms with E-state index in [0.717, 1.165) is 122 Å². The van der Waals surface area contributed by atoms with Gasteiger partial charge in [0.25, 0.3) is 0 Å². The fraction of sp³-hybridized carbons (Fsp3) is 0.560. The number of esters is 3. The van der Waals surface area contributed by atoms with Crippen molar-refractivity contribution in [3.63, 3.8) is 0 Å². The Morgan fingerprint density at radius 2 is 0.481 bits per heavy atom. The zero-order valence-corrected chi connectivity index (χ0v) is 51.7. The SMILES string of the molecule is CC/C=C\C/C=C\C/C=C\C/C=C\C/C=C\C/C=C\CCCCCCCCCCCCCCCCC(=O)OCC(COC(=O)CC/C=C\C/C=C\C/C=C\C/C=C\CC)OC(=O)CCC/C=C\C/C=C\C/C=C\C/C=C\C/C=C\CC. The Morgan fingerprint density at radius 3 is 0.802 bits per heavy atom. The monoisotopic (exact) mass is 1110 g/mol. The molecule has 0 aromatic carbocycles. The maximum Gasteiger partial charge on any atom is 0.306 e. The van der Waals surface area contributed by atoms with Gasteiger partial charge < -0.3 is 14.2 Å². The number of ether oxygens (including phenoxy) is 3. The second-order valence-corrected chi connectivity index (χ2v) is 20.5. The lowest BCUT2D eigenvalue weighted by Gasteiger charge is -2.18. The molecule has 0 aliphatic carbocycles. The highest BCUT2D eigenvalue weighted by atomic mass is 16.6. The summed E-state index contributed by atoms with van der Waals surface area (Å²) in [5, 5.41) is 0. The molecule has 6 nitrogen and oxygen atoms in total. The van der Waals surface area contributed by atoms with Crippen LogP contribution in [0.3, 0.4) is 0 Å². The van der Waals surface area contributed by atoms with Crippen LogP contribution in [0.5, 0.6) is 0 Å². The summed E-state index contributed by atoms with van der Waals surface area (Å²) in [5.41, 5.74) is 0. The predicted molar refractivity (Wildman–Crippen MR) is 352 cm³/mol. The summed E-state index contributed by atoms with van der Waals surface area (Å²) >= 11 is 0. The van der Waals surface area contributed by atoms with Crippen molar-refractivity contribution in [2.24, 2.45) is 0 Å². The van der Waals surface area contributed by atoms with Gasteiger partial charge in [0.1, 0.15) is 13.2 Å². The molecule has 0 saturated heterocycles. The van der Waals surface area contributed by atoms with Gasteiger partial charge in [-0.05, 0) is 135 Å². The summed E-state index contributed by atoms with van der Waals surface area (Å²) in [6.07, 6.45) is 101. The minimum atomic E-state index is -0.846. The molecule has 452 valence electrons. The average Bonchev–Trinajstić information content (AvgIpc) is 3.46. The molecule has 0 amide bonds. The molecule has 0 spiro atoms. The van der Waals surface area contributed by atoms with Gasteiger partial charge in [0.05, 0.1) is 0 Å². The molecule has 0 N–H and O–H groups in total. The molecule has 81 heavy (non-hydrogen) atoms. The van der Waals surface area contributed by atoms with Crippen molar-refractivity contribution >= 4 is 17.9 Å². The molecule has 1 atom stereocenters. The topological polar surface area (TPSA) is 78.9 Å². The van der Waals surface area contributed by atoms with E-state index in [9.17, 15) is 14.4 Å². The van der Waals surface area contributed by atoms with Gasteiger partial charge in [-0.2, -0.15) is 0 Å². The highest BCUT2D eigenvalue weighted by molar-refractivity contribution is 5.71. The van der Waals surface area contributed by atoms with Crippen LogP contribution in [0.2, 0.25) is 0 Å². The maximum absolute atomic E-state index is 12.9. The summed E-state index contributed by atoms with van der Waals surface area (Å²) in [6.45, 7) is 6.17. The number of allylic oxidation sites excluding steroid dienone is 30. The van der Waals surface area contributed by atoms with E-state index in [1.54, 1.807) is 0 Å². The molecule has 1 unspecified atom stereocenters. The Kier molecular flexibility index (Phi) is 62.5. The van der Waals surface area contributed by atoms with E-state index < -0.39 is 12.1 Å². The molecule has 0 aromatic rings. The first-order chi connectivity index (χ1) is 40.0. The zero-order valence-electron chi connectivity index (χ0n) is 51.7. The molecular weight excluding hydrogens is 997 g/mol. The van der Waals surface area contributed by atoms with Gasteiger partial charge in [0, 0.05) is 19.3 Å². The smallest absolute Gasteiger partial charge is 0.306 e. The molecule has 6 heteroatoms. The first kappa shape index (κ1) is 75.5. The average molecular weight is 1110 g/mol. The van der Waals surface area contributed by atoms with Crippen LogP contribution in [0.15, 0.2) is 182 Å². The highest BCUT2D eigenvalue weighted by Gasteiger charge is 2.19. The minimum Gasteiger partial charge on any atom is -0.462 e. The Morgan fingerprint density at radius 1 is 0.247 bits per heavy atom. The van der Waals surface area contributed by atoms with Crippen LogP contribution in [0.25, 0.3) is 0 Å². The molecule has 0 radical (unpaired) electrons. The molecule has 0 aromatic heterocycles. The van der Waals surface area contributed by atoms with E-state index in [0.29, 0.717) is 19.3 Å². The number of carbonyl (C=O) groups excluding carboxylic acids is 3. The van der Waals surface area contributed by atoms with E-state index in [2.05, 4.69) is 191 Å². The first-order valence-electron chi connectivity index (χ1n) is 32.3. The number of rotatable bonds is 56. The van der Waals surface area contributed by atoms with Crippen molar-refractivity contribution in [1.82, 2.24) is 0 Å². The molecule has 0 rings (SSSR count). The van der Waals surface area contributed by atoms with Gasteiger partial charge in [-0.3, -0.25) is 14.4 Å². The number of unbranched alkanes of at least 4 members (excludes halogenated alkanes) is 15. The number of hydrogen-bond acceptors (Lipinski definition) is 6. The zero-order chi connectivity index (χ0) is 58.5. The maximum atomic E-state index is 12.9. The normalized spacial score (nSPS) is 13.4. The second-order valence-electron chi connectivity index (χ2n) is 20.5. The number of carbonyl (C=O) groups is 3. The van der Waals surface area contributed by atoms with Crippen LogP contribution in [0.4, 0.5) is 0 Å². The van der Waals surface area contributed by atoms with Gasteiger partial charge in [-0.15, -0.1) is 0 Å². The van der Waals surface area contributed by atoms with Crippen LogP contribution < -0.4 is 0 Å². The van der Waals surface area contributed by atoms with E-state index in [1.807, 2.05) is 12.2 Å². The summed E-state index contributed by atoms with van der Waals surface area (Å²) < 4.78 is 16.8. The predicted octanol–water partition coefficient (Wildman–Crippen LogP) is 22.4. The van der Waals surface area contributed by atoms with Gasteiger partial charge in [-0.25, -0.2) is 0 Å². The fourth-order valence-electron chi connectivity index (χ4n) is 8.20. The van der Waals surface area contributed by atoms with Crippen LogP contribution in [-0.4, -0.2) is 37.2 Å². The molecule has 0 bridgehead atoms. The van der Waals surface area contributed by atoms with E-state index in [4.69, 9.17) is 14.2 Å². The minimum absolute atomic E-state index is 0.130. The van der Waals surface area contributed by atoms with Crippen LogP contribution >= 0.6 is 0 Å². The van der Waals surface area contributed by atoms with Crippen molar-refractivity contribution in [2.45, 2.75) is 258 Å². The summed E-state index contributed by atoms with van der Waals surface area (Å²) in [4.78, 5) is 38.2. The fourth-order valence-corrected chi connectivity index (χ4v) is 8.20. The van der Waals surface area contributed by atoms with Crippen molar-refractivity contribution in [1.29, 1.82) is 0 Å². The molecule has 0 aliphatic heterocycles. The highest BCUT2D eigenvalue weighted by Crippen LogP contribution is 2.15. The van der Waals surface area contributed by atoms with E-state index in [-0.39, 0.29) is 38.0 Å². The van der Waals surface area contributed by atoms with Gasteiger partial charge >= 0.3 is 17.9 Å². The van der Waals surface area contributed by atoms with Crippen LogP contribution in [0.1, 0.15) is 252 Å². The standard InChI is InChI=1S/C75H116O6/c1-4-7-10-13-16-19-22-25-27-29-30-31-32-33-34-35-36-37-38-39-40-41-42-43-44-46-47-50-53-56-59-62-65-68-74(77)80-71-72(70-79-73(76)67-64-61-58-55-52-49-24-21-18-15-12-9-6-3)81-75(78)69-66-63-60-57-54-51-48-45-28-26-23-20-17-14-11-8-5-2/h7-12,16-21,25-28,30-31,33-34,36-37,48-49,51-52,57-58,60-61,72H,4-6,13-15,22-24,29,32,35,38-47,50,53-56,59,62-71H2,1-3H3/b10-7-,11-8-,12-9-,19-16-,20-17-,21-18-,27-25-,28-26-,31-30-,34-33-,37-36-,51-48-,52-49-,60-57-,61-58-.